The van der Waals surface area contributed by atoms with Crippen molar-refractivity contribution in [2.24, 2.45) is 21.1 Å². The summed E-state index contributed by atoms with van der Waals surface area (Å²) in [5, 5.41) is 1.07. The molecule has 0 saturated heterocycles. The topological polar surface area (TPSA) is 54.0 Å². The molecule has 0 fully saturated rings. The third kappa shape index (κ3) is 1.89. The molecule has 0 unspecified atom stereocenters. The fourth-order valence-electron chi connectivity index (χ4n) is 3.27. The predicted molar refractivity (Wildman–Crippen MR) is 94.4 cm³/mol. The van der Waals surface area contributed by atoms with Crippen LogP contribution < -0.4 is 10.4 Å². The fraction of sp³-hybridized carbons (Fsp3) is 0.222. The van der Waals surface area contributed by atoms with Crippen LogP contribution in [0.1, 0.15) is 0 Å². The lowest BCUT2D eigenvalue weighted by atomic mass is 10.0. The standard InChI is InChI=1S/C18H18N4O2/c1-20-10-13(12-8-17(24-4)19-9-16(12)20)11-5-6-14-15(7-11)22(3)18(23)21(14)2/h5-10H,1-4H3. The molecule has 6 nitrogen and oxygen atoms in total. The van der Waals surface area contributed by atoms with E-state index in [2.05, 4.69) is 17.2 Å². The van der Waals surface area contributed by atoms with Gasteiger partial charge in [0.15, 0.2) is 0 Å². The van der Waals surface area contributed by atoms with E-state index < -0.39 is 0 Å². The van der Waals surface area contributed by atoms with Crippen LogP contribution in [0.2, 0.25) is 0 Å². The molecule has 0 aliphatic rings. The summed E-state index contributed by atoms with van der Waals surface area (Å²) in [6.45, 7) is 0. The number of fused-ring (bicyclic) bond motifs is 2. The molecule has 4 aromatic rings. The summed E-state index contributed by atoms with van der Waals surface area (Å²) in [4.78, 5) is 16.4. The minimum atomic E-state index is -0.0223. The van der Waals surface area contributed by atoms with Crippen LogP contribution in [0.4, 0.5) is 0 Å². The van der Waals surface area contributed by atoms with Crippen molar-refractivity contribution in [1.82, 2.24) is 18.7 Å². The minimum absolute atomic E-state index is 0.0223. The normalized spacial score (nSPS) is 11.5. The van der Waals surface area contributed by atoms with E-state index in [1.165, 1.54) is 0 Å². The highest BCUT2D eigenvalue weighted by Gasteiger charge is 2.13. The van der Waals surface area contributed by atoms with E-state index in [9.17, 15) is 4.79 Å². The Bertz CT molecular complexity index is 1150. The molecule has 0 spiro atoms. The number of hydrogen-bond donors (Lipinski definition) is 0. The van der Waals surface area contributed by atoms with Gasteiger partial charge in [0, 0.05) is 44.4 Å². The molecule has 3 aromatic heterocycles. The highest BCUT2D eigenvalue weighted by molar-refractivity contribution is 5.98. The van der Waals surface area contributed by atoms with Crippen molar-refractivity contribution in [2.45, 2.75) is 0 Å². The van der Waals surface area contributed by atoms with Gasteiger partial charge in [-0.2, -0.15) is 0 Å². The van der Waals surface area contributed by atoms with Gasteiger partial charge >= 0.3 is 5.69 Å². The van der Waals surface area contributed by atoms with Crippen LogP contribution in [0.25, 0.3) is 33.1 Å². The van der Waals surface area contributed by atoms with Crippen molar-refractivity contribution in [3.05, 3.63) is 47.1 Å². The van der Waals surface area contributed by atoms with E-state index in [0.29, 0.717) is 5.88 Å². The van der Waals surface area contributed by atoms with Crippen LogP contribution in [0.15, 0.2) is 41.5 Å². The summed E-state index contributed by atoms with van der Waals surface area (Å²) in [5.41, 5.74) is 5.00. The van der Waals surface area contributed by atoms with Crippen molar-refractivity contribution in [1.29, 1.82) is 0 Å². The second kappa shape index (κ2) is 4.99. The first-order chi connectivity index (χ1) is 11.5. The smallest absolute Gasteiger partial charge is 0.328 e. The maximum absolute atomic E-state index is 12.1. The van der Waals surface area contributed by atoms with Gasteiger partial charge in [-0.05, 0) is 17.7 Å². The molecule has 0 atom stereocenters. The van der Waals surface area contributed by atoms with Crippen LogP contribution in [0.3, 0.4) is 0 Å². The SMILES string of the molecule is COc1cc2c(-c3ccc4c(c3)n(C)c(=O)n4C)cn(C)c2cn1. The number of pyridine rings is 1. The Morgan fingerprint density at radius 1 is 1.00 bits per heavy atom. The molecule has 122 valence electrons. The van der Waals surface area contributed by atoms with Gasteiger partial charge in [-0.25, -0.2) is 9.78 Å². The van der Waals surface area contributed by atoms with Gasteiger partial charge < -0.3 is 9.30 Å². The molecule has 0 radical (unpaired) electrons. The van der Waals surface area contributed by atoms with E-state index in [4.69, 9.17) is 4.74 Å². The minimum Gasteiger partial charge on any atom is -0.481 e. The van der Waals surface area contributed by atoms with E-state index >= 15 is 0 Å². The Kier molecular flexibility index (Phi) is 3.03. The molecule has 0 aliphatic heterocycles. The van der Waals surface area contributed by atoms with E-state index in [-0.39, 0.29) is 5.69 Å². The van der Waals surface area contributed by atoms with Gasteiger partial charge in [0.1, 0.15) is 0 Å². The maximum Gasteiger partial charge on any atom is 0.328 e. The maximum atomic E-state index is 12.1. The molecule has 1 aromatic carbocycles. The lowest BCUT2D eigenvalue weighted by Crippen LogP contribution is -2.19. The molecule has 0 saturated carbocycles. The Labute approximate surface area is 138 Å². The average Bonchev–Trinajstić information content (AvgIpc) is 3.05. The van der Waals surface area contributed by atoms with Gasteiger partial charge in [0.25, 0.3) is 0 Å². The number of ether oxygens (including phenoxy) is 1. The van der Waals surface area contributed by atoms with E-state index in [1.807, 2.05) is 36.0 Å². The molecular weight excluding hydrogens is 304 g/mol. The summed E-state index contributed by atoms with van der Waals surface area (Å²) in [6, 6.07) is 8.03. The number of aromatic nitrogens is 4. The van der Waals surface area contributed by atoms with Gasteiger partial charge in [-0.3, -0.25) is 9.13 Å². The summed E-state index contributed by atoms with van der Waals surface area (Å²) in [7, 11) is 7.20. The quantitative estimate of drug-likeness (QED) is 0.569. The Balaban J connectivity index is 2.02. The molecule has 0 N–H and O–H groups in total. The molecular formula is C18H18N4O2. The molecule has 24 heavy (non-hydrogen) atoms. The third-order valence-corrected chi connectivity index (χ3v) is 4.64. The van der Waals surface area contributed by atoms with Crippen molar-refractivity contribution in [2.75, 3.05) is 7.11 Å². The number of aryl methyl sites for hydroxylation is 3. The zero-order valence-electron chi connectivity index (χ0n) is 14.1. The summed E-state index contributed by atoms with van der Waals surface area (Å²) in [5.74, 6) is 0.586. The second-order valence-electron chi connectivity index (χ2n) is 6.00. The first-order valence-corrected chi connectivity index (χ1v) is 7.66. The summed E-state index contributed by atoms with van der Waals surface area (Å²) < 4.78 is 10.6. The van der Waals surface area contributed by atoms with Crippen molar-refractivity contribution >= 4 is 21.9 Å². The molecule has 6 heteroatoms. The highest BCUT2D eigenvalue weighted by Crippen LogP contribution is 2.33. The Morgan fingerprint density at radius 2 is 1.75 bits per heavy atom. The van der Waals surface area contributed by atoms with Crippen LogP contribution in [-0.4, -0.2) is 25.8 Å². The first-order valence-electron chi connectivity index (χ1n) is 7.66. The number of imidazole rings is 1. The van der Waals surface area contributed by atoms with Gasteiger partial charge in [-0.15, -0.1) is 0 Å². The van der Waals surface area contributed by atoms with Crippen LogP contribution in [0.5, 0.6) is 5.88 Å². The highest BCUT2D eigenvalue weighted by atomic mass is 16.5. The van der Waals surface area contributed by atoms with E-state index in [1.54, 1.807) is 30.3 Å². The Morgan fingerprint density at radius 3 is 2.50 bits per heavy atom. The average molecular weight is 322 g/mol. The van der Waals surface area contributed by atoms with Gasteiger partial charge in [0.2, 0.25) is 5.88 Å². The van der Waals surface area contributed by atoms with Crippen LogP contribution in [0, 0.1) is 0 Å². The zero-order chi connectivity index (χ0) is 17.0. The van der Waals surface area contributed by atoms with Gasteiger partial charge in [-0.1, -0.05) is 6.07 Å². The summed E-state index contributed by atoms with van der Waals surface area (Å²) >= 11 is 0. The van der Waals surface area contributed by atoms with Crippen molar-refractivity contribution in [3.63, 3.8) is 0 Å². The lowest BCUT2D eigenvalue weighted by Gasteiger charge is -2.03. The van der Waals surface area contributed by atoms with Gasteiger partial charge in [0.05, 0.1) is 29.9 Å². The monoisotopic (exact) mass is 322 g/mol. The molecule has 0 aliphatic carbocycles. The molecule has 0 bridgehead atoms. The molecule has 4 rings (SSSR count). The number of nitrogens with zero attached hydrogens (tertiary/aromatic N) is 4. The number of benzene rings is 1. The predicted octanol–water partition coefficient (Wildman–Crippen LogP) is 2.44. The molecule has 0 amide bonds. The van der Waals surface area contributed by atoms with Crippen LogP contribution in [-0.2, 0) is 21.1 Å². The number of methoxy groups -OCH3 is 1. The zero-order valence-corrected chi connectivity index (χ0v) is 14.1. The van der Waals surface area contributed by atoms with Crippen LogP contribution >= 0.6 is 0 Å². The number of rotatable bonds is 2. The van der Waals surface area contributed by atoms with Crippen molar-refractivity contribution < 1.29 is 4.74 Å². The fourth-order valence-corrected chi connectivity index (χ4v) is 3.27. The van der Waals surface area contributed by atoms with E-state index in [0.717, 1.165) is 33.1 Å². The molecule has 3 heterocycles. The Hall–Kier alpha value is -3.02. The third-order valence-electron chi connectivity index (χ3n) is 4.64. The number of hydrogen-bond acceptors (Lipinski definition) is 3. The largest absolute Gasteiger partial charge is 0.481 e. The lowest BCUT2D eigenvalue weighted by molar-refractivity contribution is 0.398. The first kappa shape index (κ1) is 14.6. The second-order valence-corrected chi connectivity index (χ2v) is 6.00. The van der Waals surface area contributed by atoms with Crippen molar-refractivity contribution in [3.8, 4) is 17.0 Å². The summed E-state index contributed by atoms with van der Waals surface area (Å²) in [6.07, 6.45) is 3.89.